The first-order valence-electron chi connectivity index (χ1n) is 6.76. The normalized spacial score (nSPS) is 11.7. The third-order valence-electron chi connectivity index (χ3n) is 3.19. The highest BCUT2D eigenvalue weighted by Crippen LogP contribution is 2.28. The molecule has 122 valence electrons. The van der Waals surface area contributed by atoms with E-state index in [0.717, 1.165) is 5.56 Å². The molecule has 0 bridgehead atoms. The van der Waals surface area contributed by atoms with Crippen LogP contribution in [0.4, 0.5) is 10.5 Å². The van der Waals surface area contributed by atoms with Crippen molar-refractivity contribution in [2.75, 3.05) is 12.4 Å². The minimum Gasteiger partial charge on any atom is -0.495 e. The van der Waals surface area contributed by atoms with Crippen molar-refractivity contribution in [3.8, 4) is 5.75 Å². The molecule has 7 heteroatoms. The van der Waals surface area contributed by atoms with Gasteiger partial charge in [-0.05, 0) is 42.8 Å². The molecule has 0 saturated heterocycles. The Kier molecular flexibility index (Phi) is 5.99. The average Bonchev–Trinajstić information content (AvgIpc) is 2.47. The molecule has 0 saturated carbocycles. The van der Waals surface area contributed by atoms with Gasteiger partial charge in [-0.2, -0.15) is 0 Å². The number of anilines is 1. The Labute approximate surface area is 149 Å². The number of halogens is 3. The van der Waals surface area contributed by atoms with Crippen LogP contribution in [-0.4, -0.2) is 13.1 Å². The second kappa shape index (κ2) is 7.77. The molecule has 0 fully saturated rings. The van der Waals surface area contributed by atoms with Crippen molar-refractivity contribution in [1.82, 2.24) is 5.32 Å². The Morgan fingerprint density at radius 2 is 1.74 bits per heavy atom. The number of carbonyl (C=O) groups is 1. The Hall–Kier alpha value is -1.62. The molecule has 0 unspecified atom stereocenters. The van der Waals surface area contributed by atoms with E-state index in [9.17, 15) is 4.79 Å². The maximum absolute atomic E-state index is 12.2. The molecule has 2 aromatic rings. The fraction of sp³-hybridized carbons (Fsp3) is 0.188. The van der Waals surface area contributed by atoms with E-state index in [0.29, 0.717) is 26.5 Å². The van der Waals surface area contributed by atoms with E-state index in [4.69, 9.17) is 39.5 Å². The summed E-state index contributed by atoms with van der Waals surface area (Å²) in [5.41, 5.74) is 1.25. The van der Waals surface area contributed by atoms with Gasteiger partial charge in [0.05, 0.1) is 18.8 Å². The molecule has 1 atom stereocenters. The van der Waals surface area contributed by atoms with Crippen LogP contribution >= 0.6 is 34.8 Å². The zero-order valence-electron chi connectivity index (χ0n) is 12.5. The largest absolute Gasteiger partial charge is 0.495 e. The van der Waals surface area contributed by atoms with E-state index >= 15 is 0 Å². The predicted octanol–water partition coefficient (Wildman–Crippen LogP) is 5.54. The van der Waals surface area contributed by atoms with Crippen LogP contribution in [0.2, 0.25) is 15.1 Å². The van der Waals surface area contributed by atoms with Crippen LogP contribution in [0.15, 0.2) is 36.4 Å². The van der Waals surface area contributed by atoms with E-state index in [1.165, 1.54) is 7.11 Å². The number of hydrogen-bond acceptors (Lipinski definition) is 2. The average molecular weight is 374 g/mol. The fourth-order valence-electron chi connectivity index (χ4n) is 2.06. The maximum atomic E-state index is 12.2. The van der Waals surface area contributed by atoms with Crippen molar-refractivity contribution in [3.63, 3.8) is 0 Å². The van der Waals surface area contributed by atoms with Gasteiger partial charge in [-0.25, -0.2) is 4.79 Å². The lowest BCUT2D eigenvalue weighted by atomic mass is 10.1. The molecule has 0 aliphatic rings. The number of hydrogen-bond donors (Lipinski definition) is 2. The molecule has 0 aromatic heterocycles. The van der Waals surface area contributed by atoms with Gasteiger partial charge in [0.2, 0.25) is 0 Å². The first-order chi connectivity index (χ1) is 10.9. The smallest absolute Gasteiger partial charge is 0.319 e. The Balaban J connectivity index is 2.09. The number of nitrogens with one attached hydrogen (secondary N) is 2. The summed E-state index contributed by atoms with van der Waals surface area (Å²) in [5.74, 6) is 0.515. The lowest BCUT2D eigenvalue weighted by molar-refractivity contribution is 0.249. The highest BCUT2D eigenvalue weighted by molar-refractivity contribution is 6.35. The number of ether oxygens (including phenoxy) is 1. The summed E-state index contributed by atoms with van der Waals surface area (Å²) in [4.78, 5) is 12.2. The Bertz CT molecular complexity index is 722. The van der Waals surface area contributed by atoms with Crippen molar-refractivity contribution in [3.05, 3.63) is 57.0 Å². The van der Waals surface area contributed by atoms with Crippen molar-refractivity contribution < 1.29 is 9.53 Å². The summed E-state index contributed by atoms with van der Waals surface area (Å²) in [6.45, 7) is 1.82. The molecule has 4 nitrogen and oxygen atoms in total. The van der Waals surface area contributed by atoms with Crippen molar-refractivity contribution in [1.29, 1.82) is 0 Å². The SMILES string of the molecule is COc1ccc(Cl)cc1NC(=O)N[C@@H](C)c1ccc(Cl)cc1Cl. The van der Waals surface area contributed by atoms with Crippen molar-refractivity contribution in [2.45, 2.75) is 13.0 Å². The maximum Gasteiger partial charge on any atom is 0.319 e. The molecule has 2 amide bonds. The molecule has 0 spiro atoms. The van der Waals surface area contributed by atoms with Crippen LogP contribution in [0.1, 0.15) is 18.5 Å². The van der Waals surface area contributed by atoms with E-state index in [2.05, 4.69) is 10.6 Å². The standard InChI is InChI=1S/C16H15Cl3N2O2/c1-9(12-5-3-10(17)7-13(12)19)20-16(22)21-14-8-11(18)4-6-15(14)23-2/h3-9H,1-2H3,(H2,20,21,22)/t9-/m0/s1. The van der Waals surface area contributed by atoms with Crippen molar-refractivity contribution in [2.24, 2.45) is 0 Å². The number of methoxy groups -OCH3 is 1. The van der Waals surface area contributed by atoms with Gasteiger partial charge in [-0.1, -0.05) is 40.9 Å². The lowest BCUT2D eigenvalue weighted by Crippen LogP contribution is -2.31. The van der Waals surface area contributed by atoms with Crippen LogP contribution in [-0.2, 0) is 0 Å². The highest BCUT2D eigenvalue weighted by Gasteiger charge is 2.14. The summed E-state index contributed by atoms with van der Waals surface area (Å²) in [6, 6.07) is 9.40. The molecule has 2 aromatic carbocycles. The first-order valence-corrected chi connectivity index (χ1v) is 7.90. The summed E-state index contributed by atoms with van der Waals surface area (Å²) < 4.78 is 5.19. The molecule has 0 aliphatic heterocycles. The third kappa shape index (κ3) is 4.67. The summed E-state index contributed by atoms with van der Waals surface area (Å²) in [6.07, 6.45) is 0. The van der Waals surface area contributed by atoms with Gasteiger partial charge >= 0.3 is 6.03 Å². The molecule has 2 N–H and O–H groups in total. The zero-order chi connectivity index (χ0) is 17.0. The Morgan fingerprint density at radius 3 is 2.39 bits per heavy atom. The second-order valence-corrected chi connectivity index (χ2v) is 6.11. The number of rotatable bonds is 4. The minimum absolute atomic E-state index is 0.301. The topological polar surface area (TPSA) is 50.4 Å². The molecule has 0 heterocycles. The van der Waals surface area contributed by atoms with Crippen LogP contribution in [0, 0.1) is 0 Å². The van der Waals surface area contributed by atoms with Gasteiger partial charge in [0, 0.05) is 15.1 Å². The number of urea groups is 1. The quantitative estimate of drug-likeness (QED) is 0.739. The predicted molar refractivity (Wildman–Crippen MR) is 95.0 cm³/mol. The van der Waals surface area contributed by atoms with Gasteiger partial charge in [0.1, 0.15) is 5.75 Å². The zero-order valence-corrected chi connectivity index (χ0v) is 14.8. The van der Waals surface area contributed by atoms with E-state index in [-0.39, 0.29) is 6.04 Å². The monoisotopic (exact) mass is 372 g/mol. The van der Waals surface area contributed by atoms with Gasteiger partial charge in [0.15, 0.2) is 0 Å². The second-order valence-electron chi connectivity index (χ2n) is 4.83. The van der Waals surface area contributed by atoms with Gasteiger partial charge in [-0.3, -0.25) is 0 Å². The van der Waals surface area contributed by atoms with Crippen LogP contribution in [0.3, 0.4) is 0 Å². The summed E-state index contributed by atoms with van der Waals surface area (Å²) in [5, 5.41) is 7.03. The van der Waals surface area contributed by atoms with Gasteiger partial charge in [-0.15, -0.1) is 0 Å². The fourth-order valence-corrected chi connectivity index (χ4v) is 2.81. The number of benzene rings is 2. The molecular weight excluding hydrogens is 359 g/mol. The number of carbonyl (C=O) groups excluding carboxylic acids is 1. The van der Waals surface area contributed by atoms with Crippen LogP contribution in [0.25, 0.3) is 0 Å². The molecular formula is C16H15Cl3N2O2. The summed E-state index contributed by atoms with van der Waals surface area (Å²) >= 11 is 18.0. The minimum atomic E-state index is -0.399. The van der Waals surface area contributed by atoms with Crippen LogP contribution in [0.5, 0.6) is 5.75 Å². The van der Waals surface area contributed by atoms with Gasteiger partial charge in [0.25, 0.3) is 0 Å². The summed E-state index contributed by atoms with van der Waals surface area (Å²) in [7, 11) is 1.52. The molecule has 2 rings (SSSR count). The van der Waals surface area contributed by atoms with E-state index < -0.39 is 6.03 Å². The lowest BCUT2D eigenvalue weighted by Gasteiger charge is -2.17. The van der Waals surface area contributed by atoms with E-state index in [1.807, 2.05) is 6.92 Å². The highest BCUT2D eigenvalue weighted by atomic mass is 35.5. The third-order valence-corrected chi connectivity index (χ3v) is 3.98. The van der Waals surface area contributed by atoms with E-state index in [1.54, 1.807) is 36.4 Å². The molecule has 0 aliphatic carbocycles. The van der Waals surface area contributed by atoms with Crippen molar-refractivity contribution >= 4 is 46.5 Å². The van der Waals surface area contributed by atoms with Crippen LogP contribution < -0.4 is 15.4 Å². The van der Waals surface area contributed by atoms with Gasteiger partial charge < -0.3 is 15.4 Å². The first kappa shape index (κ1) is 17.7. The molecule has 23 heavy (non-hydrogen) atoms. The Morgan fingerprint density at radius 1 is 1.09 bits per heavy atom. The number of amides is 2. The molecule has 0 radical (unpaired) electrons.